The van der Waals surface area contributed by atoms with Gasteiger partial charge in [0.25, 0.3) is 0 Å². The van der Waals surface area contributed by atoms with Gasteiger partial charge in [-0.3, -0.25) is 4.98 Å². The largest absolute Gasteiger partial charge is 0.391 e. The summed E-state index contributed by atoms with van der Waals surface area (Å²) in [6.07, 6.45) is 4.53. The minimum Gasteiger partial charge on any atom is -0.391 e. The van der Waals surface area contributed by atoms with Gasteiger partial charge in [0.1, 0.15) is 29.3 Å². The molecule has 2 aliphatic heterocycles. The topological polar surface area (TPSA) is 95.8 Å². The second-order valence-electron chi connectivity index (χ2n) is 9.67. The molecule has 2 aliphatic rings. The summed E-state index contributed by atoms with van der Waals surface area (Å²) < 4.78 is 44.5. The Balaban J connectivity index is 1.29. The quantitative estimate of drug-likeness (QED) is 0.410. The lowest BCUT2D eigenvalue weighted by Crippen LogP contribution is -2.26. The molecule has 2 saturated heterocycles. The van der Waals surface area contributed by atoms with Crippen LogP contribution in [0.1, 0.15) is 35.8 Å². The van der Waals surface area contributed by atoms with Gasteiger partial charge in [-0.25, -0.2) is 22.7 Å². The zero-order chi connectivity index (χ0) is 26.4. The molecule has 0 spiro atoms. The van der Waals surface area contributed by atoms with E-state index in [1.807, 2.05) is 12.1 Å². The van der Waals surface area contributed by atoms with E-state index in [1.54, 1.807) is 39.9 Å². The van der Waals surface area contributed by atoms with Crippen molar-refractivity contribution in [2.75, 3.05) is 35.2 Å². The molecule has 5 heterocycles. The number of aliphatic hydroxyl groups excluding tert-OH is 1. The minimum atomic E-state index is -1.22. The third-order valence-corrected chi connectivity index (χ3v) is 7.10. The predicted octanol–water partition coefficient (Wildman–Crippen LogP) is 4.02. The highest BCUT2D eigenvalue weighted by molar-refractivity contribution is 5.74. The number of aromatic nitrogens is 4. The van der Waals surface area contributed by atoms with Gasteiger partial charge in [-0.15, -0.1) is 5.10 Å². The normalized spacial score (nSPS) is 21.8. The number of halogens is 3. The molecule has 196 valence electrons. The van der Waals surface area contributed by atoms with Crippen LogP contribution < -0.4 is 15.5 Å². The van der Waals surface area contributed by atoms with E-state index in [0.717, 1.165) is 36.9 Å². The average molecular weight is 522 g/mol. The van der Waals surface area contributed by atoms with E-state index in [-0.39, 0.29) is 30.5 Å². The first-order chi connectivity index (χ1) is 18.4. The lowest BCUT2D eigenvalue weighted by atomic mass is 10.0. The predicted molar refractivity (Wildman–Crippen MR) is 139 cm³/mol. The van der Waals surface area contributed by atoms with Crippen molar-refractivity contribution >= 4 is 35.1 Å². The van der Waals surface area contributed by atoms with Gasteiger partial charge >= 0.3 is 0 Å². The van der Waals surface area contributed by atoms with Gasteiger partial charge in [0.15, 0.2) is 11.5 Å². The standard InChI is InChI=1S/C27H26F3N7O/c28-16-1-5-22(30)21(11-16)24-12-17(29)14-36(24)26-8-7-25-33-27(31)23(37(25)34-26)6-3-18-2-4-19(13-32-18)35-10-9-20(38)15-35/h1-8,11,13,17,20,24,38H,9-10,12,14-15,31H2/b6-3+/t17-,20?,24+/m0/s1. The van der Waals surface area contributed by atoms with E-state index >= 15 is 0 Å². The monoisotopic (exact) mass is 521 g/mol. The van der Waals surface area contributed by atoms with Crippen LogP contribution in [0.25, 0.3) is 17.8 Å². The Labute approximate surface area is 216 Å². The van der Waals surface area contributed by atoms with E-state index in [0.29, 0.717) is 29.4 Å². The molecule has 3 atom stereocenters. The Kier molecular flexibility index (Phi) is 6.15. The van der Waals surface area contributed by atoms with Crippen LogP contribution in [0.5, 0.6) is 0 Å². The Bertz CT molecular complexity index is 1510. The summed E-state index contributed by atoms with van der Waals surface area (Å²) in [5.74, 6) is -0.521. The van der Waals surface area contributed by atoms with Crippen LogP contribution in [-0.4, -0.2) is 56.6 Å². The van der Waals surface area contributed by atoms with Crippen molar-refractivity contribution < 1.29 is 18.3 Å². The molecule has 0 bridgehead atoms. The van der Waals surface area contributed by atoms with E-state index in [4.69, 9.17) is 5.73 Å². The molecule has 3 N–H and O–H groups in total. The van der Waals surface area contributed by atoms with Crippen LogP contribution in [-0.2, 0) is 0 Å². The number of aliphatic hydroxyl groups is 1. The van der Waals surface area contributed by atoms with Crippen molar-refractivity contribution in [2.24, 2.45) is 0 Å². The number of rotatable bonds is 5. The van der Waals surface area contributed by atoms with Gasteiger partial charge in [0, 0.05) is 25.1 Å². The summed E-state index contributed by atoms with van der Waals surface area (Å²) in [6.45, 7) is 1.38. The minimum absolute atomic E-state index is 0.00120. The van der Waals surface area contributed by atoms with Gasteiger partial charge in [0.2, 0.25) is 0 Å². The fourth-order valence-electron chi connectivity index (χ4n) is 5.19. The summed E-state index contributed by atoms with van der Waals surface area (Å²) in [4.78, 5) is 12.6. The van der Waals surface area contributed by atoms with Crippen molar-refractivity contribution in [3.05, 3.63) is 77.2 Å². The number of hydrogen-bond acceptors (Lipinski definition) is 7. The lowest BCUT2D eigenvalue weighted by molar-refractivity contribution is 0.198. The van der Waals surface area contributed by atoms with E-state index in [9.17, 15) is 18.3 Å². The molecule has 0 saturated carbocycles. The van der Waals surface area contributed by atoms with Crippen molar-refractivity contribution in [2.45, 2.75) is 31.2 Å². The van der Waals surface area contributed by atoms with E-state index in [1.165, 1.54) is 0 Å². The Morgan fingerprint density at radius 3 is 2.68 bits per heavy atom. The molecule has 0 aliphatic carbocycles. The number of anilines is 3. The summed E-state index contributed by atoms with van der Waals surface area (Å²) in [7, 11) is 0. The van der Waals surface area contributed by atoms with Gasteiger partial charge in [0.05, 0.1) is 36.3 Å². The van der Waals surface area contributed by atoms with Gasteiger partial charge in [-0.1, -0.05) is 0 Å². The maximum absolute atomic E-state index is 14.6. The zero-order valence-corrected chi connectivity index (χ0v) is 20.4. The number of nitrogens with two attached hydrogens (primary N) is 1. The zero-order valence-electron chi connectivity index (χ0n) is 20.4. The van der Waals surface area contributed by atoms with Crippen LogP contribution >= 0.6 is 0 Å². The Morgan fingerprint density at radius 1 is 1.05 bits per heavy atom. The summed E-state index contributed by atoms with van der Waals surface area (Å²) in [6, 6.07) is 9.71. The third kappa shape index (κ3) is 4.53. The molecular weight excluding hydrogens is 495 g/mol. The molecule has 38 heavy (non-hydrogen) atoms. The summed E-state index contributed by atoms with van der Waals surface area (Å²) >= 11 is 0. The molecular formula is C27H26F3N7O. The highest BCUT2D eigenvalue weighted by Gasteiger charge is 2.36. The average Bonchev–Trinajstić information content (AvgIpc) is 3.60. The SMILES string of the molecule is Nc1nc2ccc(N3C[C@@H](F)C[C@@H]3c3cc(F)ccc3F)nn2c1/C=C/c1ccc(N2CCC(O)C2)cn1. The number of pyridine rings is 1. The van der Waals surface area contributed by atoms with Gasteiger partial charge in [-0.2, -0.15) is 0 Å². The molecule has 4 aromatic rings. The molecule has 0 radical (unpaired) electrons. The molecule has 3 aromatic heterocycles. The van der Waals surface area contributed by atoms with Crippen LogP contribution in [0.15, 0.2) is 48.7 Å². The lowest BCUT2D eigenvalue weighted by Gasteiger charge is -2.26. The number of nitrogens with zero attached hydrogens (tertiary/aromatic N) is 6. The fraction of sp³-hybridized carbons (Fsp3) is 0.296. The smallest absolute Gasteiger partial charge is 0.156 e. The molecule has 6 rings (SSSR count). The van der Waals surface area contributed by atoms with Crippen LogP contribution in [0.2, 0.25) is 0 Å². The van der Waals surface area contributed by atoms with Gasteiger partial charge in [-0.05, 0) is 61.0 Å². The Hall–Kier alpha value is -4.12. The summed E-state index contributed by atoms with van der Waals surface area (Å²) in [5.41, 5.74) is 8.92. The number of imidazole rings is 1. The first-order valence-electron chi connectivity index (χ1n) is 12.4. The van der Waals surface area contributed by atoms with Crippen molar-refractivity contribution in [3.63, 3.8) is 0 Å². The first kappa shape index (κ1) is 24.2. The van der Waals surface area contributed by atoms with Crippen molar-refractivity contribution in [1.29, 1.82) is 0 Å². The maximum atomic E-state index is 14.6. The molecule has 1 aromatic carbocycles. The molecule has 8 nitrogen and oxygen atoms in total. The number of hydrogen-bond donors (Lipinski definition) is 2. The number of β-amino-alcohol motifs (C(OH)–C–C–N with tert-alkyl or cyclic N) is 1. The fourth-order valence-corrected chi connectivity index (χ4v) is 5.19. The maximum Gasteiger partial charge on any atom is 0.156 e. The summed E-state index contributed by atoms with van der Waals surface area (Å²) in [5, 5.41) is 14.4. The highest BCUT2D eigenvalue weighted by Crippen LogP contribution is 2.38. The molecule has 2 fully saturated rings. The van der Waals surface area contributed by atoms with E-state index in [2.05, 4.69) is 20.0 Å². The Morgan fingerprint density at radius 2 is 1.92 bits per heavy atom. The van der Waals surface area contributed by atoms with Crippen molar-refractivity contribution in [1.82, 2.24) is 19.6 Å². The van der Waals surface area contributed by atoms with Crippen molar-refractivity contribution in [3.8, 4) is 0 Å². The molecule has 0 amide bonds. The highest BCUT2D eigenvalue weighted by atomic mass is 19.1. The number of benzene rings is 1. The molecule has 1 unspecified atom stereocenters. The number of fused-ring (bicyclic) bond motifs is 1. The van der Waals surface area contributed by atoms with Gasteiger partial charge < -0.3 is 20.6 Å². The van der Waals surface area contributed by atoms with Crippen LogP contribution in [0.3, 0.4) is 0 Å². The number of nitrogen functional groups attached to an aromatic ring is 1. The van der Waals surface area contributed by atoms with Crippen LogP contribution in [0, 0.1) is 11.6 Å². The second kappa shape index (κ2) is 9.64. The first-order valence-corrected chi connectivity index (χ1v) is 12.4. The van der Waals surface area contributed by atoms with E-state index < -0.39 is 23.8 Å². The molecule has 11 heteroatoms. The second-order valence-corrected chi connectivity index (χ2v) is 9.67. The third-order valence-electron chi connectivity index (χ3n) is 7.10. The van der Waals surface area contributed by atoms with Crippen LogP contribution in [0.4, 0.5) is 30.5 Å². The number of alkyl halides is 1.